The standard InChI is InChI=1S/C22H24N2O3S/c1-4-16-5-9-20(10-6-16)27-15(2)21(25)23-13-18-14-28-22(24-18)17-7-11-19(26-3)12-8-17/h5-12,14-15H,4,13H2,1-3H3,(H,23,25). The lowest BCUT2D eigenvalue weighted by Gasteiger charge is -2.14. The molecule has 1 heterocycles. The summed E-state index contributed by atoms with van der Waals surface area (Å²) < 4.78 is 10.9. The number of methoxy groups -OCH3 is 1. The van der Waals surface area contributed by atoms with Gasteiger partial charge in [0.2, 0.25) is 0 Å². The van der Waals surface area contributed by atoms with Gasteiger partial charge in [-0.3, -0.25) is 4.79 Å². The number of carbonyl (C=O) groups excluding carboxylic acids is 1. The molecule has 0 aliphatic carbocycles. The summed E-state index contributed by atoms with van der Waals surface area (Å²) in [7, 11) is 1.64. The number of aromatic nitrogens is 1. The maximum Gasteiger partial charge on any atom is 0.261 e. The molecule has 1 N–H and O–H groups in total. The zero-order valence-electron chi connectivity index (χ0n) is 16.3. The van der Waals surface area contributed by atoms with Gasteiger partial charge in [-0.05, 0) is 55.3 Å². The molecule has 1 atom stereocenters. The van der Waals surface area contributed by atoms with Gasteiger partial charge >= 0.3 is 0 Å². The number of rotatable bonds is 8. The van der Waals surface area contributed by atoms with Gasteiger partial charge in [-0.15, -0.1) is 11.3 Å². The third-order valence-corrected chi connectivity index (χ3v) is 5.29. The zero-order chi connectivity index (χ0) is 19.9. The minimum absolute atomic E-state index is 0.168. The Hall–Kier alpha value is -2.86. The highest BCUT2D eigenvalue weighted by molar-refractivity contribution is 7.13. The topological polar surface area (TPSA) is 60.5 Å². The van der Waals surface area contributed by atoms with E-state index in [9.17, 15) is 4.79 Å². The maximum absolute atomic E-state index is 12.3. The lowest BCUT2D eigenvalue weighted by Crippen LogP contribution is -2.35. The van der Waals surface area contributed by atoms with E-state index < -0.39 is 6.10 Å². The summed E-state index contributed by atoms with van der Waals surface area (Å²) in [5.74, 6) is 1.33. The fraction of sp³-hybridized carbons (Fsp3) is 0.273. The molecular weight excluding hydrogens is 372 g/mol. The SMILES string of the molecule is CCc1ccc(OC(C)C(=O)NCc2csc(-c3ccc(OC)cc3)n2)cc1. The van der Waals surface area contributed by atoms with Crippen molar-refractivity contribution >= 4 is 17.2 Å². The Balaban J connectivity index is 1.52. The summed E-state index contributed by atoms with van der Waals surface area (Å²) in [6.07, 6.45) is 0.398. The third-order valence-electron chi connectivity index (χ3n) is 4.35. The van der Waals surface area contributed by atoms with Crippen LogP contribution in [0.5, 0.6) is 11.5 Å². The summed E-state index contributed by atoms with van der Waals surface area (Å²) in [5, 5.41) is 5.75. The summed E-state index contributed by atoms with van der Waals surface area (Å²) in [6.45, 7) is 4.21. The van der Waals surface area contributed by atoms with Crippen LogP contribution in [0, 0.1) is 0 Å². The number of amides is 1. The van der Waals surface area contributed by atoms with Crippen LogP contribution < -0.4 is 14.8 Å². The molecule has 2 aromatic carbocycles. The van der Waals surface area contributed by atoms with E-state index in [1.807, 2.05) is 53.9 Å². The second kappa shape index (κ2) is 9.37. The molecule has 3 rings (SSSR count). The fourth-order valence-electron chi connectivity index (χ4n) is 2.64. The first-order valence-electron chi connectivity index (χ1n) is 9.21. The van der Waals surface area contributed by atoms with E-state index in [0.29, 0.717) is 12.3 Å². The Morgan fingerprint density at radius 2 is 1.79 bits per heavy atom. The molecule has 0 fully saturated rings. The van der Waals surface area contributed by atoms with Crippen LogP contribution >= 0.6 is 11.3 Å². The predicted molar refractivity (Wildman–Crippen MR) is 112 cm³/mol. The smallest absolute Gasteiger partial charge is 0.261 e. The highest BCUT2D eigenvalue weighted by Crippen LogP contribution is 2.25. The number of benzene rings is 2. The molecule has 0 aliphatic rings. The Labute approximate surface area is 169 Å². The van der Waals surface area contributed by atoms with Gasteiger partial charge in [-0.1, -0.05) is 19.1 Å². The van der Waals surface area contributed by atoms with E-state index in [1.54, 1.807) is 25.4 Å². The average Bonchev–Trinajstić information content (AvgIpc) is 3.21. The Bertz CT molecular complexity index is 904. The molecule has 0 saturated heterocycles. The van der Waals surface area contributed by atoms with Crippen LogP contribution in [0.4, 0.5) is 0 Å². The van der Waals surface area contributed by atoms with Crippen molar-refractivity contribution in [3.63, 3.8) is 0 Å². The van der Waals surface area contributed by atoms with Crippen molar-refractivity contribution in [1.29, 1.82) is 0 Å². The van der Waals surface area contributed by atoms with Crippen LogP contribution in [-0.2, 0) is 17.8 Å². The van der Waals surface area contributed by atoms with Crippen LogP contribution in [0.3, 0.4) is 0 Å². The third kappa shape index (κ3) is 5.10. The lowest BCUT2D eigenvalue weighted by atomic mass is 10.2. The van der Waals surface area contributed by atoms with Gasteiger partial charge in [0.1, 0.15) is 16.5 Å². The number of nitrogens with one attached hydrogen (secondary N) is 1. The minimum Gasteiger partial charge on any atom is -0.497 e. The highest BCUT2D eigenvalue weighted by atomic mass is 32.1. The molecular formula is C22H24N2O3S. The minimum atomic E-state index is -0.577. The molecule has 146 valence electrons. The maximum atomic E-state index is 12.3. The van der Waals surface area contributed by atoms with Gasteiger partial charge in [0, 0.05) is 10.9 Å². The predicted octanol–water partition coefficient (Wildman–Crippen LogP) is 4.46. The fourth-order valence-corrected chi connectivity index (χ4v) is 3.46. The van der Waals surface area contributed by atoms with Crippen molar-refractivity contribution < 1.29 is 14.3 Å². The van der Waals surface area contributed by atoms with Gasteiger partial charge < -0.3 is 14.8 Å². The number of thiazole rings is 1. The summed E-state index contributed by atoms with van der Waals surface area (Å²) >= 11 is 1.55. The Kier molecular flexibility index (Phi) is 6.66. The van der Waals surface area contributed by atoms with Crippen LogP contribution in [0.1, 0.15) is 25.1 Å². The Morgan fingerprint density at radius 1 is 1.11 bits per heavy atom. The van der Waals surface area contributed by atoms with E-state index in [2.05, 4.69) is 17.2 Å². The van der Waals surface area contributed by atoms with Crippen molar-refractivity contribution in [2.45, 2.75) is 32.9 Å². The van der Waals surface area contributed by atoms with Gasteiger partial charge in [0.15, 0.2) is 6.10 Å². The first kappa shape index (κ1) is 19.9. The van der Waals surface area contributed by atoms with Gasteiger partial charge in [0.05, 0.1) is 19.3 Å². The van der Waals surface area contributed by atoms with Crippen molar-refractivity contribution in [1.82, 2.24) is 10.3 Å². The summed E-state index contributed by atoms with van der Waals surface area (Å²) in [5.41, 5.74) is 3.08. The molecule has 5 nitrogen and oxygen atoms in total. The van der Waals surface area contributed by atoms with Crippen LogP contribution in [-0.4, -0.2) is 24.1 Å². The molecule has 6 heteroatoms. The average molecular weight is 397 g/mol. The quantitative estimate of drug-likeness (QED) is 0.610. The highest BCUT2D eigenvalue weighted by Gasteiger charge is 2.15. The van der Waals surface area contributed by atoms with Gasteiger partial charge in [-0.2, -0.15) is 0 Å². The lowest BCUT2D eigenvalue weighted by molar-refractivity contribution is -0.127. The zero-order valence-corrected chi connectivity index (χ0v) is 17.1. The van der Waals surface area contributed by atoms with Crippen LogP contribution in [0.25, 0.3) is 10.6 Å². The van der Waals surface area contributed by atoms with E-state index in [1.165, 1.54) is 5.56 Å². The number of hydrogen-bond donors (Lipinski definition) is 1. The van der Waals surface area contributed by atoms with Crippen LogP contribution in [0.15, 0.2) is 53.9 Å². The summed E-state index contributed by atoms with van der Waals surface area (Å²) in [6, 6.07) is 15.6. The number of hydrogen-bond acceptors (Lipinski definition) is 5. The first-order chi connectivity index (χ1) is 13.6. The second-order valence-corrected chi connectivity index (χ2v) is 7.21. The molecule has 1 unspecified atom stereocenters. The monoisotopic (exact) mass is 396 g/mol. The number of nitrogens with zero attached hydrogens (tertiary/aromatic N) is 1. The molecule has 28 heavy (non-hydrogen) atoms. The molecule has 0 radical (unpaired) electrons. The van der Waals surface area contributed by atoms with Gasteiger partial charge in [0.25, 0.3) is 5.91 Å². The summed E-state index contributed by atoms with van der Waals surface area (Å²) in [4.78, 5) is 16.9. The van der Waals surface area contributed by atoms with E-state index in [-0.39, 0.29) is 5.91 Å². The Morgan fingerprint density at radius 3 is 2.43 bits per heavy atom. The van der Waals surface area contributed by atoms with Gasteiger partial charge in [-0.25, -0.2) is 4.98 Å². The first-order valence-corrected chi connectivity index (χ1v) is 10.1. The van der Waals surface area contributed by atoms with E-state index in [0.717, 1.165) is 28.4 Å². The molecule has 0 bridgehead atoms. The van der Waals surface area contributed by atoms with Crippen molar-refractivity contribution in [2.24, 2.45) is 0 Å². The molecule has 0 spiro atoms. The molecule has 3 aromatic rings. The largest absolute Gasteiger partial charge is 0.497 e. The molecule has 0 aliphatic heterocycles. The number of aryl methyl sites for hydroxylation is 1. The van der Waals surface area contributed by atoms with Crippen LogP contribution in [0.2, 0.25) is 0 Å². The molecule has 1 amide bonds. The normalized spacial score (nSPS) is 11.7. The second-order valence-electron chi connectivity index (χ2n) is 6.35. The number of carbonyl (C=O) groups is 1. The van der Waals surface area contributed by atoms with Crippen molar-refractivity contribution in [3.05, 3.63) is 65.2 Å². The van der Waals surface area contributed by atoms with E-state index in [4.69, 9.17) is 9.47 Å². The number of ether oxygens (including phenoxy) is 2. The van der Waals surface area contributed by atoms with E-state index >= 15 is 0 Å². The van der Waals surface area contributed by atoms with Crippen molar-refractivity contribution in [2.75, 3.05) is 7.11 Å². The van der Waals surface area contributed by atoms with Crippen molar-refractivity contribution in [3.8, 4) is 22.1 Å². The molecule has 0 saturated carbocycles. The molecule has 1 aromatic heterocycles.